The van der Waals surface area contributed by atoms with E-state index in [-0.39, 0.29) is 29.7 Å². The van der Waals surface area contributed by atoms with Crippen molar-refractivity contribution in [1.82, 2.24) is 15.5 Å². The standard InChI is InChI=1S/C16H22FN3O/c1-9(2)20-7-11-12(8-20)15(19-16(21)18-3)10-5-4-6-13(17)14(10)11/h4-6,9,11-12,15H,7-8H2,1-3H3,(H2,18,19,21)/t11-,12+,15-/m0/s1. The van der Waals surface area contributed by atoms with Crippen LogP contribution >= 0.6 is 0 Å². The summed E-state index contributed by atoms with van der Waals surface area (Å²) < 4.78 is 14.3. The zero-order valence-corrected chi connectivity index (χ0v) is 12.7. The van der Waals surface area contributed by atoms with E-state index < -0.39 is 0 Å². The SMILES string of the molecule is CNC(=O)N[C@H]1c2cccc(F)c2[C@H]2CN(C(C)C)C[C@H]21. The monoisotopic (exact) mass is 291 g/mol. The molecule has 0 saturated carbocycles. The van der Waals surface area contributed by atoms with Gasteiger partial charge in [0.1, 0.15) is 5.82 Å². The molecule has 4 nitrogen and oxygen atoms in total. The van der Waals surface area contributed by atoms with Crippen molar-refractivity contribution in [3.05, 3.63) is 35.1 Å². The number of carbonyl (C=O) groups excluding carboxylic acids is 1. The molecule has 3 atom stereocenters. The highest BCUT2D eigenvalue weighted by Crippen LogP contribution is 2.50. The summed E-state index contributed by atoms with van der Waals surface area (Å²) in [6.07, 6.45) is 0. The minimum absolute atomic E-state index is 0.107. The van der Waals surface area contributed by atoms with Crippen LogP contribution < -0.4 is 10.6 Å². The van der Waals surface area contributed by atoms with Crippen molar-refractivity contribution < 1.29 is 9.18 Å². The second kappa shape index (κ2) is 5.30. The molecule has 1 fully saturated rings. The van der Waals surface area contributed by atoms with Crippen LogP contribution in [-0.4, -0.2) is 37.1 Å². The van der Waals surface area contributed by atoms with Crippen LogP contribution in [0.5, 0.6) is 0 Å². The molecule has 3 rings (SSSR count). The minimum Gasteiger partial charge on any atom is -0.341 e. The highest BCUT2D eigenvalue weighted by atomic mass is 19.1. The molecule has 1 aromatic carbocycles. The summed E-state index contributed by atoms with van der Waals surface area (Å²) in [4.78, 5) is 14.1. The first-order chi connectivity index (χ1) is 10.0. The molecule has 0 aromatic heterocycles. The average Bonchev–Trinajstić information content (AvgIpc) is 2.98. The number of urea groups is 1. The number of nitrogens with zero attached hydrogens (tertiary/aromatic N) is 1. The van der Waals surface area contributed by atoms with Crippen LogP contribution in [0, 0.1) is 11.7 Å². The molecule has 1 saturated heterocycles. The van der Waals surface area contributed by atoms with Gasteiger partial charge < -0.3 is 10.6 Å². The van der Waals surface area contributed by atoms with E-state index in [1.54, 1.807) is 13.1 Å². The van der Waals surface area contributed by atoms with Gasteiger partial charge in [0, 0.05) is 38.0 Å². The van der Waals surface area contributed by atoms with E-state index in [0.29, 0.717) is 6.04 Å². The van der Waals surface area contributed by atoms with Gasteiger partial charge in [-0.2, -0.15) is 0 Å². The molecule has 2 aliphatic rings. The maximum Gasteiger partial charge on any atom is 0.315 e. The van der Waals surface area contributed by atoms with Crippen molar-refractivity contribution in [3.63, 3.8) is 0 Å². The van der Waals surface area contributed by atoms with E-state index in [2.05, 4.69) is 29.4 Å². The Kier molecular flexibility index (Phi) is 3.61. The first-order valence-electron chi connectivity index (χ1n) is 7.53. The van der Waals surface area contributed by atoms with Crippen LogP contribution in [0.1, 0.15) is 36.9 Å². The average molecular weight is 291 g/mol. The van der Waals surface area contributed by atoms with Crippen molar-refractivity contribution >= 4 is 6.03 Å². The lowest BCUT2D eigenvalue weighted by Gasteiger charge is -2.24. The number of carbonyl (C=O) groups is 1. The second-order valence-corrected chi connectivity index (χ2v) is 6.26. The number of halogens is 1. The van der Waals surface area contributed by atoms with Crippen molar-refractivity contribution in [2.24, 2.45) is 5.92 Å². The number of hydrogen-bond acceptors (Lipinski definition) is 2. The van der Waals surface area contributed by atoms with Gasteiger partial charge in [-0.1, -0.05) is 12.1 Å². The zero-order valence-electron chi connectivity index (χ0n) is 12.7. The largest absolute Gasteiger partial charge is 0.341 e. The van der Waals surface area contributed by atoms with E-state index >= 15 is 0 Å². The minimum atomic E-state index is -0.209. The van der Waals surface area contributed by atoms with E-state index in [1.807, 2.05) is 6.07 Å². The van der Waals surface area contributed by atoms with Gasteiger partial charge in [0.2, 0.25) is 0 Å². The maximum absolute atomic E-state index is 14.3. The third-order valence-corrected chi connectivity index (χ3v) is 4.86. The predicted molar refractivity (Wildman–Crippen MR) is 79.7 cm³/mol. The molecule has 5 heteroatoms. The maximum atomic E-state index is 14.3. The molecule has 1 heterocycles. The summed E-state index contributed by atoms with van der Waals surface area (Å²) in [5.74, 6) is 0.275. The van der Waals surface area contributed by atoms with Crippen LogP contribution in [0.4, 0.5) is 9.18 Å². The summed E-state index contributed by atoms with van der Waals surface area (Å²) >= 11 is 0. The van der Waals surface area contributed by atoms with Gasteiger partial charge >= 0.3 is 6.03 Å². The van der Waals surface area contributed by atoms with Crippen molar-refractivity contribution in [2.75, 3.05) is 20.1 Å². The van der Waals surface area contributed by atoms with Crippen LogP contribution in [0.2, 0.25) is 0 Å². The lowest BCUT2D eigenvalue weighted by atomic mass is 9.94. The number of fused-ring (bicyclic) bond motifs is 3. The summed E-state index contributed by atoms with van der Waals surface area (Å²) in [5.41, 5.74) is 1.74. The molecule has 2 N–H and O–H groups in total. The molecule has 21 heavy (non-hydrogen) atoms. The second-order valence-electron chi connectivity index (χ2n) is 6.26. The van der Waals surface area contributed by atoms with E-state index in [9.17, 15) is 9.18 Å². The molecule has 1 aliphatic carbocycles. The van der Waals surface area contributed by atoms with Gasteiger partial charge in [-0.3, -0.25) is 4.90 Å². The molecule has 0 radical (unpaired) electrons. The van der Waals surface area contributed by atoms with Gasteiger partial charge in [0.25, 0.3) is 0 Å². The quantitative estimate of drug-likeness (QED) is 0.877. The van der Waals surface area contributed by atoms with Gasteiger partial charge in [-0.05, 0) is 31.0 Å². The summed E-state index contributed by atoms with van der Waals surface area (Å²) in [6.45, 7) is 6.07. The lowest BCUT2D eigenvalue weighted by molar-refractivity contribution is 0.228. The summed E-state index contributed by atoms with van der Waals surface area (Å²) in [5, 5.41) is 5.59. The first-order valence-corrected chi connectivity index (χ1v) is 7.53. The third-order valence-electron chi connectivity index (χ3n) is 4.86. The molecule has 0 spiro atoms. The molecule has 0 unspecified atom stereocenters. The van der Waals surface area contributed by atoms with Crippen LogP contribution in [0.3, 0.4) is 0 Å². The Bertz CT molecular complexity index is 560. The van der Waals surface area contributed by atoms with Gasteiger partial charge in [-0.15, -0.1) is 0 Å². The smallest absolute Gasteiger partial charge is 0.315 e. The Morgan fingerprint density at radius 3 is 2.81 bits per heavy atom. The highest BCUT2D eigenvalue weighted by Gasteiger charge is 2.48. The van der Waals surface area contributed by atoms with Crippen molar-refractivity contribution in [2.45, 2.75) is 31.8 Å². The third kappa shape index (κ3) is 2.29. The number of nitrogens with one attached hydrogen (secondary N) is 2. The molecule has 2 amide bonds. The molecule has 0 bridgehead atoms. The van der Waals surface area contributed by atoms with Crippen molar-refractivity contribution in [3.8, 4) is 0 Å². The van der Waals surface area contributed by atoms with Crippen LogP contribution in [0.15, 0.2) is 18.2 Å². The molecule has 1 aromatic rings. The predicted octanol–water partition coefficient (Wildman–Crippen LogP) is 2.23. The molecule has 114 valence electrons. The van der Waals surface area contributed by atoms with E-state index in [4.69, 9.17) is 0 Å². The fourth-order valence-electron chi connectivity index (χ4n) is 3.77. The first kappa shape index (κ1) is 14.3. The van der Waals surface area contributed by atoms with Crippen molar-refractivity contribution in [1.29, 1.82) is 0 Å². The fraction of sp³-hybridized carbons (Fsp3) is 0.562. The number of benzene rings is 1. The molecular formula is C16H22FN3O. The topological polar surface area (TPSA) is 44.4 Å². The number of rotatable bonds is 2. The zero-order chi connectivity index (χ0) is 15.1. The Morgan fingerprint density at radius 2 is 2.14 bits per heavy atom. The lowest BCUT2D eigenvalue weighted by Crippen LogP contribution is -2.39. The number of amides is 2. The number of hydrogen-bond donors (Lipinski definition) is 2. The Hall–Kier alpha value is -1.62. The molecular weight excluding hydrogens is 269 g/mol. The van der Waals surface area contributed by atoms with E-state index in [0.717, 1.165) is 24.2 Å². The highest BCUT2D eigenvalue weighted by molar-refractivity contribution is 5.74. The summed E-state index contributed by atoms with van der Waals surface area (Å²) in [6, 6.07) is 5.32. The Labute approximate surface area is 124 Å². The van der Waals surface area contributed by atoms with Crippen LogP contribution in [-0.2, 0) is 0 Å². The van der Waals surface area contributed by atoms with Crippen LogP contribution in [0.25, 0.3) is 0 Å². The molecule has 1 aliphatic heterocycles. The van der Waals surface area contributed by atoms with E-state index in [1.165, 1.54) is 6.07 Å². The number of likely N-dealkylation sites (tertiary alicyclic amines) is 1. The Morgan fingerprint density at radius 1 is 1.38 bits per heavy atom. The van der Waals surface area contributed by atoms with Gasteiger partial charge in [0.05, 0.1) is 6.04 Å². The Balaban J connectivity index is 1.97. The normalized spacial score (nSPS) is 27.6. The van der Waals surface area contributed by atoms with Gasteiger partial charge in [-0.25, -0.2) is 9.18 Å². The van der Waals surface area contributed by atoms with Gasteiger partial charge in [0.15, 0.2) is 0 Å². The summed E-state index contributed by atoms with van der Waals surface area (Å²) in [7, 11) is 1.60. The fourth-order valence-corrected chi connectivity index (χ4v) is 3.77.